The molecule has 4 heterocycles. The van der Waals surface area contributed by atoms with Crippen LogP contribution in [0.15, 0.2) is 30.6 Å². The van der Waals surface area contributed by atoms with E-state index in [1.807, 2.05) is 23.7 Å². The summed E-state index contributed by atoms with van der Waals surface area (Å²) in [6.45, 7) is 6.43. The first-order chi connectivity index (χ1) is 21.0. The van der Waals surface area contributed by atoms with Crippen molar-refractivity contribution in [1.82, 2.24) is 24.6 Å². The normalized spacial score (nSPS) is 23.8. The summed E-state index contributed by atoms with van der Waals surface area (Å²) in [6.07, 6.45) is 0.994. The van der Waals surface area contributed by atoms with Crippen molar-refractivity contribution >= 4 is 17.5 Å². The first-order valence-electron chi connectivity index (χ1n) is 15.2. The van der Waals surface area contributed by atoms with Crippen molar-refractivity contribution in [3.63, 3.8) is 0 Å². The number of rotatable bonds is 8. The molecule has 1 amide bonds. The van der Waals surface area contributed by atoms with Gasteiger partial charge in [0.15, 0.2) is 0 Å². The van der Waals surface area contributed by atoms with Crippen LogP contribution in [0.1, 0.15) is 84.4 Å². The van der Waals surface area contributed by atoms with E-state index in [1.54, 1.807) is 12.4 Å². The summed E-state index contributed by atoms with van der Waals surface area (Å²) < 4.78 is 45.2. The topological polar surface area (TPSA) is 103 Å². The van der Waals surface area contributed by atoms with Crippen LogP contribution in [-0.2, 0) is 31.7 Å². The monoisotopic (exact) mass is 606 g/mol. The van der Waals surface area contributed by atoms with Crippen LogP contribution < -0.4 is 10.2 Å². The van der Waals surface area contributed by atoms with Crippen LogP contribution in [0, 0.1) is 23.2 Å². The molecule has 1 saturated carbocycles. The number of carbonyl (C=O) groups is 1. The van der Waals surface area contributed by atoms with Crippen molar-refractivity contribution in [2.24, 2.45) is 18.9 Å². The van der Waals surface area contributed by atoms with Crippen LogP contribution >= 0.6 is 0 Å². The number of hydrogen-bond acceptors (Lipinski definition) is 7. The number of aromatic nitrogens is 4. The maximum atomic E-state index is 14.5. The molecule has 0 radical (unpaired) electrons. The van der Waals surface area contributed by atoms with Crippen LogP contribution in [0.25, 0.3) is 0 Å². The second-order valence-electron chi connectivity index (χ2n) is 12.8. The molecule has 0 bridgehead atoms. The summed E-state index contributed by atoms with van der Waals surface area (Å²) in [7, 11) is 1.88. The van der Waals surface area contributed by atoms with E-state index in [4.69, 9.17) is 5.26 Å². The minimum Gasteiger partial charge on any atom is -0.369 e. The molecule has 1 atom stereocenters. The third kappa shape index (κ3) is 5.54. The molecular weight excluding hydrogens is 569 g/mol. The number of anilines is 2. The van der Waals surface area contributed by atoms with Gasteiger partial charge < -0.3 is 9.88 Å². The number of amides is 1. The number of pyridine rings is 1. The van der Waals surface area contributed by atoms with E-state index < -0.39 is 23.1 Å². The van der Waals surface area contributed by atoms with Gasteiger partial charge in [-0.3, -0.25) is 14.6 Å². The lowest BCUT2D eigenvalue weighted by molar-refractivity contribution is -0.138. The molecule has 1 saturated heterocycles. The minimum atomic E-state index is -4.61. The third-order valence-corrected chi connectivity index (χ3v) is 9.27. The number of nitrogens with zero attached hydrogens (tertiary/aromatic N) is 7. The van der Waals surface area contributed by atoms with Crippen molar-refractivity contribution in [1.29, 1.82) is 5.26 Å². The molecule has 44 heavy (non-hydrogen) atoms. The van der Waals surface area contributed by atoms with Gasteiger partial charge in [-0.1, -0.05) is 13.8 Å². The Bertz CT molecular complexity index is 1600. The van der Waals surface area contributed by atoms with Crippen LogP contribution in [-0.4, -0.2) is 50.2 Å². The number of alkyl halides is 3. The molecule has 3 aromatic rings. The highest BCUT2D eigenvalue weighted by atomic mass is 19.4. The van der Waals surface area contributed by atoms with Crippen molar-refractivity contribution < 1.29 is 18.0 Å². The number of fused-ring (bicyclic) bond motifs is 1. The summed E-state index contributed by atoms with van der Waals surface area (Å²) in [5.41, 5.74) is 0.148. The number of halogens is 3. The molecule has 1 aliphatic carbocycles. The molecule has 12 heteroatoms. The number of likely N-dealkylation sites (tertiary alicyclic amines) is 1. The molecule has 0 unspecified atom stereocenters. The highest BCUT2D eigenvalue weighted by molar-refractivity contribution is 6.10. The zero-order valence-corrected chi connectivity index (χ0v) is 25.3. The van der Waals surface area contributed by atoms with Gasteiger partial charge in [-0.15, -0.1) is 10.2 Å². The molecule has 3 aliphatic rings. The quantitative estimate of drug-likeness (QED) is 0.330. The summed E-state index contributed by atoms with van der Waals surface area (Å²) in [4.78, 5) is 22.1. The third-order valence-electron chi connectivity index (χ3n) is 9.27. The van der Waals surface area contributed by atoms with E-state index >= 15 is 0 Å². The smallest absolute Gasteiger partial charge is 0.369 e. The highest BCUT2D eigenvalue weighted by Gasteiger charge is 2.49. The standard InChI is InChI=1S/C32H37F3N8O/c1-20-6-4-9-42(16-20)17-22-10-24-25(26(11-22)32(33,34)35)18-43(29(24)44)28-13-23(12-27(39-28)37-8-5-7-36)31(14-21(2)15-31)30-40-38-19-41(30)3/h10-13,19-21H,4-6,8-9,14-18H2,1-3H3,(H,37,39)/t20-,21?,31?/m0/s1. The van der Waals surface area contributed by atoms with Gasteiger partial charge >= 0.3 is 6.18 Å². The van der Waals surface area contributed by atoms with E-state index in [0.717, 1.165) is 50.2 Å². The van der Waals surface area contributed by atoms with Crippen LogP contribution in [0.3, 0.4) is 0 Å². The van der Waals surface area contributed by atoms with Crippen LogP contribution in [0.4, 0.5) is 24.8 Å². The summed E-state index contributed by atoms with van der Waals surface area (Å²) in [6, 6.07) is 8.66. The van der Waals surface area contributed by atoms with E-state index in [9.17, 15) is 18.0 Å². The Labute approximate surface area is 255 Å². The Morgan fingerprint density at radius 1 is 1.16 bits per heavy atom. The van der Waals surface area contributed by atoms with E-state index in [1.165, 1.54) is 11.0 Å². The van der Waals surface area contributed by atoms with E-state index in [0.29, 0.717) is 36.3 Å². The number of nitrogens with one attached hydrogen (secondary N) is 1. The number of hydrogen-bond donors (Lipinski definition) is 1. The van der Waals surface area contributed by atoms with Gasteiger partial charge in [-0.25, -0.2) is 4.98 Å². The molecule has 2 aromatic heterocycles. The maximum Gasteiger partial charge on any atom is 0.416 e. The number of aryl methyl sites for hydroxylation is 1. The van der Waals surface area contributed by atoms with Crippen molar-refractivity contribution in [3.8, 4) is 6.07 Å². The van der Waals surface area contributed by atoms with E-state index in [-0.39, 0.29) is 29.9 Å². The zero-order chi connectivity index (χ0) is 31.2. The maximum absolute atomic E-state index is 14.5. The van der Waals surface area contributed by atoms with Crippen molar-refractivity contribution in [2.45, 2.75) is 70.6 Å². The lowest BCUT2D eigenvalue weighted by Crippen LogP contribution is -2.43. The summed E-state index contributed by atoms with van der Waals surface area (Å²) in [5.74, 6) is 1.91. The van der Waals surface area contributed by atoms with Crippen molar-refractivity contribution in [3.05, 3.63) is 64.2 Å². The predicted octanol–water partition coefficient (Wildman–Crippen LogP) is 5.66. The lowest BCUT2D eigenvalue weighted by atomic mass is 9.58. The Kier molecular flexibility index (Phi) is 7.86. The van der Waals surface area contributed by atoms with Crippen LogP contribution in [0.2, 0.25) is 0 Å². The van der Waals surface area contributed by atoms with Gasteiger partial charge in [0.1, 0.15) is 23.8 Å². The molecule has 2 aliphatic heterocycles. The van der Waals surface area contributed by atoms with Gasteiger partial charge in [0, 0.05) is 32.2 Å². The van der Waals surface area contributed by atoms with Crippen molar-refractivity contribution in [2.75, 3.05) is 29.9 Å². The minimum absolute atomic E-state index is 0.0234. The number of benzene rings is 1. The second kappa shape index (κ2) is 11.5. The first kappa shape index (κ1) is 30.1. The fourth-order valence-corrected chi connectivity index (χ4v) is 7.35. The highest BCUT2D eigenvalue weighted by Crippen LogP contribution is 2.52. The largest absolute Gasteiger partial charge is 0.416 e. The predicted molar refractivity (Wildman–Crippen MR) is 159 cm³/mol. The molecule has 1 N–H and O–H groups in total. The number of piperidine rings is 1. The Hall–Kier alpha value is -3.98. The van der Waals surface area contributed by atoms with Gasteiger partial charge in [-0.05, 0) is 85.0 Å². The van der Waals surface area contributed by atoms with Gasteiger partial charge in [-0.2, -0.15) is 18.4 Å². The average Bonchev–Trinajstić information content (AvgIpc) is 3.53. The van der Waals surface area contributed by atoms with E-state index in [2.05, 4.69) is 45.3 Å². The average molecular weight is 607 g/mol. The Balaban J connectivity index is 1.40. The Morgan fingerprint density at radius 3 is 2.61 bits per heavy atom. The fraction of sp³-hybridized carbons (Fsp3) is 0.531. The van der Waals surface area contributed by atoms with Gasteiger partial charge in [0.2, 0.25) is 0 Å². The molecule has 1 aromatic carbocycles. The Morgan fingerprint density at radius 2 is 1.95 bits per heavy atom. The molecule has 232 valence electrons. The molecule has 2 fully saturated rings. The molecular formula is C32H37F3N8O. The summed E-state index contributed by atoms with van der Waals surface area (Å²) in [5, 5.41) is 20.8. The number of nitriles is 1. The second-order valence-corrected chi connectivity index (χ2v) is 12.8. The fourth-order valence-electron chi connectivity index (χ4n) is 7.35. The van der Waals surface area contributed by atoms with Crippen LogP contribution in [0.5, 0.6) is 0 Å². The first-order valence-corrected chi connectivity index (χ1v) is 15.2. The summed E-state index contributed by atoms with van der Waals surface area (Å²) >= 11 is 0. The number of carbonyl (C=O) groups excluding carboxylic acids is 1. The zero-order valence-electron chi connectivity index (χ0n) is 25.3. The molecule has 9 nitrogen and oxygen atoms in total. The molecule has 0 spiro atoms. The lowest BCUT2D eigenvalue weighted by Gasteiger charge is -2.46. The van der Waals surface area contributed by atoms with Gasteiger partial charge in [0.25, 0.3) is 5.91 Å². The van der Waals surface area contributed by atoms with Gasteiger partial charge in [0.05, 0.1) is 30.0 Å². The SMILES string of the molecule is CC1CC(c2cc(NCCC#N)nc(N3Cc4c(cc(CN5CCC[C@H](C)C5)cc4C(F)(F)F)C3=O)c2)(c2nncn2C)C1. The molecule has 6 rings (SSSR count).